The quantitative estimate of drug-likeness (QED) is 0.816. The predicted molar refractivity (Wildman–Crippen MR) is 78.6 cm³/mol. The van der Waals surface area contributed by atoms with E-state index in [4.69, 9.17) is 0 Å². The molecule has 2 atom stereocenters. The molecule has 0 aliphatic carbocycles. The van der Waals surface area contributed by atoms with Crippen molar-refractivity contribution < 1.29 is 8.42 Å². The SMILES string of the molecule is CC1CC(C)SC(=NCC(C)(C)NS(C)(=O)=O)N1. The Morgan fingerprint density at radius 3 is 2.61 bits per heavy atom. The first-order valence-electron chi connectivity index (χ1n) is 6.04. The van der Waals surface area contributed by atoms with Gasteiger partial charge in [-0.15, -0.1) is 0 Å². The van der Waals surface area contributed by atoms with Crippen LogP contribution >= 0.6 is 11.8 Å². The maximum absolute atomic E-state index is 11.2. The molecule has 0 amide bonds. The molecule has 1 aliphatic rings. The lowest BCUT2D eigenvalue weighted by Gasteiger charge is -2.28. The van der Waals surface area contributed by atoms with Crippen LogP contribution in [0.5, 0.6) is 0 Å². The summed E-state index contributed by atoms with van der Waals surface area (Å²) in [4.78, 5) is 4.48. The Bertz CT molecular complexity index is 406. The summed E-state index contributed by atoms with van der Waals surface area (Å²) in [5.41, 5.74) is -0.563. The molecule has 0 bridgehead atoms. The van der Waals surface area contributed by atoms with Crippen molar-refractivity contribution in [1.29, 1.82) is 0 Å². The van der Waals surface area contributed by atoms with E-state index < -0.39 is 15.6 Å². The third-order valence-electron chi connectivity index (χ3n) is 2.45. The molecule has 5 nitrogen and oxygen atoms in total. The molecule has 106 valence electrons. The van der Waals surface area contributed by atoms with E-state index in [0.717, 1.165) is 11.6 Å². The van der Waals surface area contributed by atoms with Gasteiger partial charge in [0.1, 0.15) is 0 Å². The van der Waals surface area contributed by atoms with E-state index >= 15 is 0 Å². The fourth-order valence-electron chi connectivity index (χ4n) is 1.93. The van der Waals surface area contributed by atoms with Gasteiger partial charge in [-0.2, -0.15) is 0 Å². The van der Waals surface area contributed by atoms with Gasteiger partial charge in [-0.1, -0.05) is 18.7 Å². The van der Waals surface area contributed by atoms with Crippen LogP contribution in [0.2, 0.25) is 0 Å². The van der Waals surface area contributed by atoms with Gasteiger partial charge < -0.3 is 5.32 Å². The van der Waals surface area contributed by atoms with E-state index in [1.165, 1.54) is 6.26 Å². The molecule has 0 spiro atoms. The van der Waals surface area contributed by atoms with E-state index in [2.05, 4.69) is 28.9 Å². The first kappa shape index (κ1) is 15.8. The van der Waals surface area contributed by atoms with Crippen LogP contribution in [0, 0.1) is 0 Å². The average Bonchev–Trinajstić information content (AvgIpc) is 2.09. The van der Waals surface area contributed by atoms with E-state index in [1.807, 2.05) is 13.8 Å². The molecular formula is C11H23N3O2S2. The summed E-state index contributed by atoms with van der Waals surface area (Å²) in [5, 5.41) is 4.77. The number of hydrogen-bond donors (Lipinski definition) is 2. The second-order valence-corrected chi connectivity index (χ2v) is 8.76. The Kier molecular flexibility index (Phi) is 5.08. The lowest BCUT2D eigenvalue weighted by atomic mass is 10.1. The van der Waals surface area contributed by atoms with Crippen molar-refractivity contribution in [1.82, 2.24) is 10.0 Å². The van der Waals surface area contributed by atoms with Gasteiger partial charge >= 0.3 is 0 Å². The highest BCUT2D eigenvalue weighted by Gasteiger charge is 2.24. The van der Waals surface area contributed by atoms with Crippen molar-refractivity contribution in [2.75, 3.05) is 12.8 Å². The van der Waals surface area contributed by atoms with E-state index in [1.54, 1.807) is 11.8 Å². The second-order valence-electron chi connectivity index (χ2n) is 5.59. The highest BCUT2D eigenvalue weighted by atomic mass is 32.2. The third-order valence-corrected chi connectivity index (χ3v) is 4.44. The van der Waals surface area contributed by atoms with Gasteiger partial charge in [-0.25, -0.2) is 13.1 Å². The summed E-state index contributed by atoms with van der Waals surface area (Å²) in [6.45, 7) is 8.40. The van der Waals surface area contributed by atoms with Gasteiger partial charge in [-0.05, 0) is 27.2 Å². The molecule has 1 rings (SSSR count). The fraction of sp³-hybridized carbons (Fsp3) is 0.909. The largest absolute Gasteiger partial charge is 0.362 e. The predicted octanol–water partition coefficient (Wildman–Crippen LogP) is 1.17. The number of thioether (sulfide) groups is 1. The molecule has 0 aromatic heterocycles. The monoisotopic (exact) mass is 293 g/mol. The summed E-state index contributed by atoms with van der Waals surface area (Å²) in [6.07, 6.45) is 2.29. The Balaban J connectivity index is 2.62. The number of sulfonamides is 1. The molecule has 1 fully saturated rings. The van der Waals surface area contributed by atoms with Crippen molar-refractivity contribution in [2.45, 2.75) is 50.9 Å². The number of rotatable bonds is 4. The first-order chi connectivity index (χ1) is 8.07. The van der Waals surface area contributed by atoms with E-state index in [-0.39, 0.29) is 0 Å². The Morgan fingerprint density at radius 2 is 2.11 bits per heavy atom. The fourth-order valence-corrected chi connectivity index (χ4v) is 4.17. The summed E-state index contributed by atoms with van der Waals surface area (Å²) in [7, 11) is -3.20. The molecular weight excluding hydrogens is 270 g/mol. The van der Waals surface area contributed by atoms with E-state index in [9.17, 15) is 8.42 Å². The zero-order valence-electron chi connectivity index (χ0n) is 11.6. The van der Waals surface area contributed by atoms with Crippen molar-refractivity contribution in [3.8, 4) is 0 Å². The minimum Gasteiger partial charge on any atom is -0.362 e. The van der Waals surface area contributed by atoms with Crippen molar-refractivity contribution >= 4 is 27.0 Å². The Morgan fingerprint density at radius 1 is 1.50 bits per heavy atom. The van der Waals surface area contributed by atoms with Crippen LogP contribution in [-0.2, 0) is 10.0 Å². The minimum atomic E-state index is -3.20. The van der Waals surface area contributed by atoms with Gasteiger partial charge in [0, 0.05) is 16.8 Å². The topological polar surface area (TPSA) is 70.6 Å². The molecule has 0 aromatic carbocycles. The molecule has 1 aliphatic heterocycles. The summed E-state index contributed by atoms with van der Waals surface area (Å²) < 4.78 is 25.0. The maximum Gasteiger partial charge on any atom is 0.209 e. The first-order valence-corrected chi connectivity index (χ1v) is 8.81. The van der Waals surface area contributed by atoms with Crippen LogP contribution in [0.4, 0.5) is 0 Å². The number of hydrogen-bond acceptors (Lipinski definition) is 4. The van der Waals surface area contributed by atoms with Crippen LogP contribution in [0.15, 0.2) is 4.99 Å². The smallest absolute Gasteiger partial charge is 0.209 e. The normalized spacial score (nSPS) is 28.2. The van der Waals surface area contributed by atoms with Gasteiger partial charge in [0.2, 0.25) is 10.0 Å². The second kappa shape index (κ2) is 5.79. The van der Waals surface area contributed by atoms with Crippen LogP contribution in [0.1, 0.15) is 34.1 Å². The summed E-state index contributed by atoms with van der Waals surface area (Å²) in [6, 6.07) is 0.422. The number of amidine groups is 1. The zero-order chi connectivity index (χ0) is 14.0. The molecule has 0 radical (unpaired) electrons. The van der Waals surface area contributed by atoms with Crippen LogP contribution in [-0.4, -0.2) is 43.2 Å². The van der Waals surface area contributed by atoms with Crippen LogP contribution in [0.3, 0.4) is 0 Å². The molecule has 2 N–H and O–H groups in total. The molecule has 1 heterocycles. The Labute approximate surface area is 114 Å². The van der Waals surface area contributed by atoms with Crippen LogP contribution < -0.4 is 10.0 Å². The molecule has 0 saturated carbocycles. The average molecular weight is 293 g/mol. The summed E-state index contributed by atoms with van der Waals surface area (Å²) >= 11 is 1.71. The minimum absolute atomic E-state index is 0.422. The highest BCUT2D eigenvalue weighted by Crippen LogP contribution is 2.22. The molecule has 0 aromatic rings. The van der Waals surface area contributed by atoms with E-state index in [0.29, 0.717) is 17.8 Å². The number of nitrogens with one attached hydrogen (secondary N) is 2. The standard InChI is InChI=1S/C11H23N3O2S2/c1-8-6-9(2)17-10(13-8)12-7-11(3,4)14-18(5,15)16/h8-9,14H,6-7H2,1-5H3,(H,12,13). The maximum atomic E-state index is 11.2. The van der Waals surface area contributed by atoms with Gasteiger partial charge in [0.05, 0.1) is 12.8 Å². The Hall–Kier alpha value is -0.270. The van der Waals surface area contributed by atoms with Crippen molar-refractivity contribution in [3.63, 3.8) is 0 Å². The number of aliphatic imine (C=N–C) groups is 1. The lowest BCUT2D eigenvalue weighted by molar-refractivity contribution is 0.465. The molecule has 1 saturated heterocycles. The van der Waals surface area contributed by atoms with Crippen molar-refractivity contribution in [3.05, 3.63) is 0 Å². The van der Waals surface area contributed by atoms with Gasteiger partial charge in [0.15, 0.2) is 5.17 Å². The molecule has 18 heavy (non-hydrogen) atoms. The lowest BCUT2D eigenvalue weighted by Crippen LogP contribution is -2.46. The highest BCUT2D eigenvalue weighted by molar-refractivity contribution is 8.14. The molecule has 7 heteroatoms. The zero-order valence-corrected chi connectivity index (χ0v) is 13.3. The summed E-state index contributed by atoms with van der Waals surface area (Å²) in [5.74, 6) is 0. The van der Waals surface area contributed by atoms with Gasteiger partial charge in [-0.3, -0.25) is 4.99 Å². The van der Waals surface area contributed by atoms with Gasteiger partial charge in [0.25, 0.3) is 0 Å². The molecule has 2 unspecified atom stereocenters. The van der Waals surface area contributed by atoms with Crippen LogP contribution in [0.25, 0.3) is 0 Å². The third kappa shape index (κ3) is 6.06. The van der Waals surface area contributed by atoms with Crippen molar-refractivity contribution in [2.24, 2.45) is 4.99 Å². The number of nitrogens with zero attached hydrogens (tertiary/aromatic N) is 1.